The summed E-state index contributed by atoms with van der Waals surface area (Å²) in [5.74, 6) is 0.435. The van der Waals surface area contributed by atoms with E-state index in [9.17, 15) is 14.4 Å². The number of carbonyl (C=O) groups is 3. The number of methoxy groups -OCH3 is 1. The first-order valence-electron chi connectivity index (χ1n) is 13.2. The maximum Gasteiger partial charge on any atom is 0.256 e. The van der Waals surface area contributed by atoms with Gasteiger partial charge in [0.05, 0.1) is 12.2 Å². The number of benzene rings is 2. The van der Waals surface area contributed by atoms with Crippen LogP contribution in [-0.2, 0) is 9.53 Å². The molecule has 3 N–H and O–H groups in total. The zero-order valence-corrected chi connectivity index (χ0v) is 21.9. The fraction of sp³-hybridized carbons (Fsp3) is 0.300. The van der Waals surface area contributed by atoms with Gasteiger partial charge in [-0.25, -0.2) is 0 Å². The average Bonchev–Trinajstić information content (AvgIpc) is 3.70. The number of carbonyl (C=O) groups excluding carboxylic acids is 3. The van der Waals surface area contributed by atoms with Crippen molar-refractivity contribution in [3.63, 3.8) is 0 Å². The van der Waals surface area contributed by atoms with E-state index in [0.717, 1.165) is 25.2 Å². The molecule has 0 bridgehead atoms. The monoisotopic (exact) mass is 528 g/mol. The molecule has 9 nitrogen and oxygen atoms in total. The standard InChI is InChI=1S/C30H32N4O5/c1-38-16-12-32-29(36)22-7-9-26-24(18-22)25(30(37)33-26)19-23-8-10-27(39-23)20-5-4-6-21(17-20)28(35)31-11-15-34-13-2-3-14-34/h4-10,17-19H,2-3,11-16H2,1H3,(H,31,35)(H,32,36)(H,33,37). The van der Waals surface area contributed by atoms with Crippen molar-refractivity contribution in [3.05, 3.63) is 77.0 Å². The van der Waals surface area contributed by atoms with Crippen molar-refractivity contribution in [2.75, 3.05) is 51.8 Å². The largest absolute Gasteiger partial charge is 0.457 e. The van der Waals surface area contributed by atoms with E-state index < -0.39 is 0 Å². The highest BCUT2D eigenvalue weighted by molar-refractivity contribution is 6.35. The second-order valence-corrected chi connectivity index (χ2v) is 9.61. The Morgan fingerprint density at radius 3 is 2.56 bits per heavy atom. The van der Waals surface area contributed by atoms with Crippen LogP contribution in [0.2, 0.25) is 0 Å². The average molecular weight is 529 g/mol. The van der Waals surface area contributed by atoms with E-state index in [1.807, 2.05) is 18.2 Å². The van der Waals surface area contributed by atoms with Gasteiger partial charge in [-0.2, -0.15) is 0 Å². The highest BCUT2D eigenvalue weighted by Crippen LogP contribution is 2.35. The highest BCUT2D eigenvalue weighted by Gasteiger charge is 2.26. The van der Waals surface area contributed by atoms with Crippen LogP contribution >= 0.6 is 0 Å². The van der Waals surface area contributed by atoms with E-state index >= 15 is 0 Å². The molecule has 3 amide bonds. The number of nitrogens with zero attached hydrogens (tertiary/aromatic N) is 1. The van der Waals surface area contributed by atoms with Gasteiger partial charge >= 0.3 is 0 Å². The van der Waals surface area contributed by atoms with Gasteiger partial charge in [-0.3, -0.25) is 14.4 Å². The number of hydrogen-bond acceptors (Lipinski definition) is 6. The van der Waals surface area contributed by atoms with E-state index in [1.165, 1.54) is 12.8 Å². The van der Waals surface area contributed by atoms with Gasteiger partial charge in [0.25, 0.3) is 17.7 Å². The smallest absolute Gasteiger partial charge is 0.256 e. The summed E-state index contributed by atoms with van der Waals surface area (Å²) >= 11 is 0. The van der Waals surface area contributed by atoms with Crippen molar-refractivity contribution >= 4 is 35.1 Å². The third-order valence-electron chi connectivity index (χ3n) is 6.89. The maximum absolute atomic E-state index is 12.7. The van der Waals surface area contributed by atoms with Gasteiger partial charge in [-0.05, 0) is 74.5 Å². The lowest BCUT2D eigenvalue weighted by Crippen LogP contribution is -2.33. The number of ether oxygens (including phenoxy) is 1. The molecule has 3 aromatic rings. The van der Waals surface area contributed by atoms with E-state index in [-0.39, 0.29) is 17.7 Å². The van der Waals surface area contributed by atoms with Gasteiger partial charge < -0.3 is 30.0 Å². The van der Waals surface area contributed by atoms with Gasteiger partial charge in [0.1, 0.15) is 11.5 Å². The molecule has 0 atom stereocenters. The normalized spacial score (nSPS) is 15.8. The first-order chi connectivity index (χ1) is 19.0. The fourth-order valence-electron chi connectivity index (χ4n) is 4.82. The maximum atomic E-state index is 12.7. The van der Waals surface area contributed by atoms with Crippen molar-refractivity contribution in [3.8, 4) is 11.3 Å². The van der Waals surface area contributed by atoms with Gasteiger partial charge in [-0.1, -0.05) is 12.1 Å². The molecule has 2 aromatic carbocycles. The molecular formula is C30H32N4O5. The molecule has 1 aromatic heterocycles. The first kappa shape index (κ1) is 26.4. The van der Waals surface area contributed by atoms with Crippen LogP contribution in [0.25, 0.3) is 23.0 Å². The molecule has 0 radical (unpaired) electrons. The van der Waals surface area contributed by atoms with Gasteiger partial charge in [0, 0.05) is 54.7 Å². The van der Waals surface area contributed by atoms with Gasteiger partial charge in [0.2, 0.25) is 0 Å². The molecule has 3 heterocycles. The molecule has 0 unspecified atom stereocenters. The van der Waals surface area contributed by atoms with Gasteiger partial charge in [-0.15, -0.1) is 0 Å². The molecular weight excluding hydrogens is 496 g/mol. The topological polar surface area (TPSA) is 113 Å². The van der Waals surface area contributed by atoms with Crippen molar-refractivity contribution < 1.29 is 23.5 Å². The zero-order valence-electron chi connectivity index (χ0n) is 21.9. The third-order valence-corrected chi connectivity index (χ3v) is 6.89. The second-order valence-electron chi connectivity index (χ2n) is 9.61. The Morgan fingerprint density at radius 1 is 1.00 bits per heavy atom. The molecule has 1 fully saturated rings. The number of furan rings is 1. The Hall–Kier alpha value is -4.21. The Balaban J connectivity index is 1.29. The van der Waals surface area contributed by atoms with Crippen LogP contribution in [0.4, 0.5) is 5.69 Å². The number of nitrogens with one attached hydrogen (secondary N) is 3. The number of rotatable bonds is 10. The molecule has 39 heavy (non-hydrogen) atoms. The van der Waals surface area contributed by atoms with E-state index in [2.05, 4.69) is 20.9 Å². The summed E-state index contributed by atoms with van der Waals surface area (Å²) in [6, 6.07) is 15.9. The molecule has 9 heteroatoms. The van der Waals surface area contributed by atoms with Crippen molar-refractivity contribution in [1.82, 2.24) is 15.5 Å². The Bertz CT molecular complexity index is 1400. The summed E-state index contributed by atoms with van der Waals surface area (Å²) in [6.45, 7) is 4.47. The number of fused-ring (bicyclic) bond motifs is 1. The second kappa shape index (κ2) is 12.1. The van der Waals surface area contributed by atoms with E-state index in [4.69, 9.17) is 9.15 Å². The summed E-state index contributed by atoms with van der Waals surface area (Å²) < 4.78 is 11.0. The summed E-state index contributed by atoms with van der Waals surface area (Å²) in [4.78, 5) is 40.2. The lowest BCUT2D eigenvalue weighted by atomic mass is 10.0. The van der Waals surface area contributed by atoms with Crippen molar-refractivity contribution in [2.24, 2.45) is 0 Å². The zero-order chi connectivity index (χ0) is 27.2. The summed E-state index contributed by atoms with van der Waals surface area (Å²) in [6.07, 6.45) is 4.11. The predicted octanol–water partition coefficient (Wildman–Crippen LogP) is 3.64. The summed E-state index contributed by atoms with van der Waals surface area (Å²) in [5.41, 5.74) is 3.44. The van der Waals surface area contributed by atoms with Crippen LogP contribution in [-0.4, -0.2) is 69.1 Å². The molecule has 2 aliphatic rings. The minimum atomic E-state index is -0.271. The number of hydrogen-bond donors (Lipinski definition) is 3. The van der Waals surface area contributed by atoms with Crippen molar-refractivity contribution in [2.45, 2.75) is 12.8 Å². The lowest BCUT2D eigenvalue weighted by Gasteiger charge is -2.14. The Kier molecular flexibility index (Phi) is 8.19. The summed E-state index contributed by atoms with van der Waals surface area (Å²) in [5, 5.41) is 8.62. The molecule has 202 valence electrons. The highest BCUT2D eigenvalue weighted by atomic mass is 16.5. The molecule has 0 aliphatic carbocycles. The molecule has 5 rings (SSSR count). The molecule has 2 aliphatic heterocycles. The minimum Gasteiger partial charge on any atom is -0.457 e. The van der Waals surface area contributed by atoms with Crippen LogP contribution in [0.1, 0.15) is 44.9 Å². The predicted molar refractivity (Wildman–Crippen MR) is 149 cm³/mol. The van der Waals surface area contributed by atoms with Crippen LogP contribution in [0.5, 0.6) is 0 Å². The van der Waals surface area contributed by atoms with Crippen LogP contribution in [0.3, 0.4) is 0 Å². The molecule has 1 saturated heterocycles. The Labute approximate surface area is 227 Å². The first-order valence-corrected chi connectivity index (χ1v) is 13.2. The number of likely N-dealkylation sites (tertiary alicyclic amines) is 1. The summed E-state index contributed by atoms with van der Waals surface area (Å²) in [7, 11) is 1.57. The van der Waals surface area contributed by atoms with Crippen LogP contribution < -0.4 is 16.0 Å². The third kappa shape index (κ3) is 6.27. The minimum absolute atomic E-state index is 0.119. The van der Waals surface area contributed by atoms with Gasteiger partial charge in [0.15, 0.2) is 0 Å². The van der Waals surface area contributed by atoms with E-state index in [0.29, 0.717) is 59.2 Å². The Morgan fingerprint density at radius 2 is 1.77 bits per heavy atom. The van der Waals surface area contributed by atoms with E-state index in [1.54, 1.807) is 49.6 Å². The molecule has 0 spiro atoms. The van der Waals surface area contributed by atoms with Crippen molar-refractivity contribution in [1.29, 1.82) is 0 Å². The fourth-order valence-corrected chi connectivity index (χ4v) is 4.82. The number of anilines is 1. The SMILES string of the molecule is COCCNC(=O)c1ccc2c(c1)C(=Cc1ccc(-c3cccc(C(=O)NCCN4CCCC4)c3)o1)C(=O)N2. The quantitative estimate of drug-likeness (QED) is 0.274. The van der Waals surface area contributed by atoms with Crippen LogP contribution in [0.15, 0.2) is 59.0 Å². The number of amides is 3. The van der Waals surface area contributed by atoms with Crippen LogP contribution in [0, 0.1) is 0 Å². The lowest BCUT2D eigenvalue weighted by molar-refractivity contribution is -0.110. The molecule has 0 saturated carbocycles.